The molecule has 2 unspecified atom stereocenters. The number of amides is 1. The van der Waals surface area contributed by atoms with Gasteiger partial charge in [0.1, 0.15) is 11.5 Å². The number of carboxylic acids is 1. The smallest absolute Gasteiger partial charge is 0.311 e. The lowest BCUT2D eigenvalue weighted by atomic mass is 9.71. The summed E-state index contributed by atoms with van der Waals surface area (Å²) < 4.78 is 11.7. The molecular formula is C28H32N2O5. The zero-order valence-electron chi connectivity index (χ0n) is 20.4. The summed E-state index contributed by atoms with van der Waals surface area (Å²) in [6, 6.07) is 13.7. The van der Waals surface area contributed by atoms with Gasteiger partial charge in [-0.05, 0) is 79.5 Å². The number of benzene rings is 2. The molecule has 1 aliphatic carbocycles. The SMILES string of the molecule is CC(C)(C)C1CCC(NC(=O)c2ccc(OC3CC(C(=O)O)c4cc(C#N)ccc4O3)cc2)CC1. The Hall–Kier alpha value is -3.53. The summed E-state index contributed by atoms with van der Waals surface area (Å²) in [5.41, 5.74) is 1.71. The van der Waals surface area contributed by atoms with Crippen LogP contribution in [-0.4, -0.2) is 29.3 Å². The largest absolute Gasteiger partial charge is 0.481 e. The van der Waals surface area contributed by atoms with Gasteiger partial charge in [-0.3, -0.25) is 9.59 Å². The molecule has 0 spiro atoms. The zero-order valence-corrected chi connectivity index (χ0v) is 20.4. The summed E-state index contributed by atoms with van der Waals surface area (Å²) in [5.74, 6) is -0.367. The molecule has 1 aliphatic heterocycles. The van der Waals surface area contributed by atoms with Gasteiger partial charge in [-0.1, -0.05) is 20.8 Å². The normalized spacial score (nSPS) is 23.8. The molecule has 184 valence electrons. The van der Waals surface area contributed by atoms with Crippen molar-refractivity contribution in [1.82, 2.24) is 5.32 Å². The van der Waals surface area contributed by atoms with Crippen molar-refractivity contribution in [3.8, 4) is 17.6 Å². The highest BCUT2D eigenvalue weighted by molar-refractivity contribution is 5.94. The predicted octanol–water partition coefficient (Wildman–Crippen LogP) is 5.25. The number of carbonyl (C=O) groups is 2. The molecule has 2 aromatic rings. The maximum Gasteiger partial charge on any atom is 0.311 e. The molecule has 1 heterocycles. The summed E-state index contributed by atoms with van der Waals surface area (Å²) in [7, 11) is 0. The minimum Gasteiger partial charge on any atom is -0.481 e. The van der Waals surface area contributed by atoms with E-state index in [0.29, 0.717) is 39.5 Å². The molecule has 0 bridgehead atoms. The Balaban J connectivity index is 1.36. The van der Waals surface area contributed by atoms with Crippen LogP contribution in [0.25, 0.3) is 0 Å². The van der Waals surface area contributed by atoms with Crippen molar-refractivity contribution in [3.63, 3.8) is 0 Å². The second kappa shape index (κ2) is 9.99. The van der Waals surface area contributed by atoms with Crippen LogP contribution in [0.2, 0.25) is 0 Å². The minimum atomic E-state index is -0.998. The Morgan fingerprint density at radius 1 is 1.09 bits per heavy atom. The second-order valence-electron chi connectivity index (χ2n) is 10.6. The quantitative estimate of drug-likeness (QED) is 0.610. The summed E-state index contributed by atoms with van der Waals surface area (Å²) in [4.78, 5) is 24.6. The van der Waals surface area contributed by atoms with E-state index in [4.69, 9.17) is 14.7 Å². The maximum atomic E-state index is 12.7. The van der Waals surface area contributed by atoms with Crippen molar-refractivity contribution in [2.75, 3.05) is 0 Å². The van der Waals surface area contributed by atoms with Crippen LogP contribution in [0.15, 0.2) is 42.5 Å². The van der Waals surface area contributed by atoms with Crippen LogP contribution in [-0.2, 0) is 4.79 Å². The first-order chi connectivity index (χ1) is 16.6. The number of aliphatic carboxylic acids is 1. The fourth-order valence-electron chi connectivity index (χ4n) is 5.02. The molecule has 4 rings (SSSR count). The molecule has 0 saturated heterocycles. The third-order valence-electron chi connectivity index (χ3n) is 7.17. The van der Waals surface area contributed by atoms with Crippen LogP contribution in [0.3, 0.4) is 0 Å². The molecule has 2 aromatic carbocycles. The molecule has 2 aliphatic rings. The lowest BCUT2D eigenvalue weighted by Crippen LogP contribution is -2.39. The van der Waals surface area contributed by atoms with E-state index in [1.54, 1.807) is 42.5 Å². The van der Waals surface area contributed by atoms with Gasteiger partial charge in [-0.15, -0.1) is 0 Å². The molecule has 0 aromatic heterocycles. The van der Waals surface area contributed by atoms with Crippen molar-refractivity contribution in [3.05, 3.63) is 59.2 Å². The van der Waals surface area contributed by atoms with E-state index in [-0.39, 0.29) is 18.4 Å². The highest BCUT2D eigenvalue weighted by Crippen LogP contribution is 2.39. The van der Waals surface area contributed by atoms with Crippen LogP contribution in [0.4, 0.5) is 0 Å². The third-order valence-corrected chi connectivity index (χ3v) is 7.17. The van der Waals surface area contributed by atoms with Crippen LogP contribution >= 0.6 is 0 Å². The number of carboxylic acid groups (broad SMARTS) is 1. The van der Waals surface area contributed by atoms with Gasteiger partial charge in [-0.25, -0.2) is 0 Å². The Morgan fingerprint density at radius 3 is 2.37 bits per heavy atom. The van der Waals surface area contributed by atoms with Gasteiger partial charge >= 0.3 is 5.97 Å². The molecule has 2 atom stereocenters. The highest BCUT2D eigenvalue weighted by atomic mass is 16.7. The number of fused-ring (bicyclic) bond motifs is 1. The minimum absolute atomic E-state index is 0.0992. The average molecular weight is 477 g/mol. The monoisotopic (exact) mass is 476 g/mol. The van der Waals surface area contributed by atoms with E-state index in [1.807, 2.05) is 6.07 Å². The van der Waals surface area contributed by atoms with Crippen LogP contribution in [0.1, 0.15) is 80.3 Å². The Bertz CT molecular complexity index is 1120. The van der Waals surface area contributed by atoms with Gasteiger partial charge in [0.15, 0.2) is 0 Å². The predicted molar refractivity (Wildman–Crippen MR) is 130 cm³/mol. The molecule has 7 heteroatoms. The Morgan fingerprint density at radius 2 is 1.77 bits per heavy atom. The van der Waals surface area contributed by atoms with Gasteiger partial charge in [-0.2, -0.15) is 5.26 Å². The topological polar surface area (TPSA) is 109 Å². The molecule has 35 heavy (non-hydrogen) atoms. The first-order valence-corrected chi connectivity index (χ1v) is 12.1. The van der Waals surface area contributed by atoms with E-state index >= 15 is 0 Å². The Labute approximate surface area is 206 Å². The van der Waals surface area contributed by atoms with Crippen molar-refractivity contribution >= 4 is 11.9 Å². The number of carbonyl (C=O) groups excluding carboxylic acids is 1. The van der Waals surface area contributed by atoms with Crippen molar-refractivity contribution < 1.29 is 24.2 Å². The zero-order chi connectivity index (χ0) is 25.2. The van der Waals surface area contributed by atoms with E-state index in [9.17, 15) is 14.7 Å². The molecule has 7 nitrogen and oxygen atoms in total. The van der Waals surface area contributed by atoms with Crippen LogP contribution in [0, 0.1) is 22.7 Å². The number of ether oxygens (including phenoxy) is 2. The molecule has 1 fully saturated rings. The fraction of sp³-hybridized carbons (Fsp3) is 0.464. The molecule has 1 amide bonds. The molecule has 2 N–H and O–H groups in total. The maximum absolute atomic E-state index is 12.7. The molecule has 0 radical (unpaired) electrons. The molecular weight excluding hydrogens is 444 g/mol. The number of nitriles is 1. The Kier molecular flexibility index (Phi) is 7.02. The number of rotatable bonds is 5. The van der Waals surface area contributed by atoms with Gasteiger partial charge in [0.2, 0.25) is 6.29 Å². The van der Waals surface area contributed by atoms with Gasteiger partial charge in [0.05, 0.1) is 17.6 Å². The highest BCUT2D eigenvalue weighted by Gasteiger charge is 2.35. The third kappa shape index (κ3) is 5.76. The van der Waals surface area contributed by atoms with Gasteiger partial charge in [0.25, 0.3) is 5.91 Å². The number of nitrogens with one attached hydrogen (secondary N) is 1. The van der Waals surface area contributed by atoms with E-state index in [2.05, 4.69) is 26.1 Å². The standard InChI is InChI=1S/C28H32N2O5/c1-28(2,3)19-7-9-20(10-8-19)30-26(31)18-5-11-21(12-6-18)34-25-15-23(27(32)33)22-14-17(16-29)4-13-24(22)35-25/h4-6,11-14,19-20,23,25H,7-10,15H2,1-3H3,(H,30,31)(H,32,33). The van der Waals surface area contributed by atoms with E-state index in [1.165, 1.54) is 0 Å². The van der Waals surface area contributed by atoms with Crippen molar-refractivity contribution in [2.24, 2.45) is 11.3 Å². The lowest BCUT2D eigenvalue weighted by Gasteiger charge is -2.37. The van der Waals surface area contributed by atoms with E-state index < -0.39 is 18.2 Å². The first-order valence-electron chi connectivity index (χ1n) is 12.1. The summed E-state index contributed by atoms with van der Waals surface area (Å²) in [6.07, 6.45) is 3.55. The first kappa shape index (κ1) is 24.6. The molecule has 1 saturated carbocycles. The van der Waals surface area contributed by atoms with Crippen LogP contribution < -0.4 is 14.8 Å². The lowest BCUT2D eigenvalue weighted by molar-refractivity contribution is -0.141. The number of hydrogen-bond donors (Lipinski definition) is 2. The van der Waals surface area contributed by atoms with E-state index in [0.717, 1.165) is 25.7 Å². The second-order valence-corrected chi connectivity index (χ2v) is 10.6. The fourth-order valence-corrected chi connectivity index (χ4v) is 5.02. The number of nitrogens with zero attached hydrogens (tertiary/aromatic N) is 1. The summed E-state index contributed by atoms with van der Waals surface area (Å²) in [6.45, 7) is 6.84. The number of hydrogen-bond acceptors (Lipinski definition) is 5. The summed E-state index contributed by atoms with van der Waals surface area (Å²) >= 11 is 0. The average Bonchev–Trinajstić information content (AvgIpc) is 2.83. The van der Waals surface area contributed by atoms with Crippen molar-refractivity contribution in [2.45, 2.75) is 71.1 Å². The van der Waals surface area contributed by atoms with Gasteiger partial charge < -0.3 is 19.9 Å². The van der Waals surface area contributed by atoms with Crippen LogP contribution in [0.5, 0.6) is 11.5 Å². The summed E-state index contributed by atoms with van der Waals surface area (Å²) in [5, 5.41) is 21.9. The van der Waals surface area contributed by atoms with Gasteiger partial charge in [0, 0.05) is 23.6 Å². The van der Waals surface area contributed by atoms with Crippen molar-refractivity contribution in [1.29, 1.82) is 5.26 Å².